The summed E-state index contributed by atoms with van der Waals surface area (Å²) >= 11 is 0. The van der Waals surface area contributed by atoms with Crippen molar-refractivity contribution in [2.75, 3.05) is 7.11 Å². The molecule has 4 aromatic rings. The van der Waals surface area contributed by atoms with Crippen LogP contribution in [-0.4, -0.2) is 37.7 Å². The van der Waals surface area contributed by atoms with Gasteiger partial charge in [0.05, 0.1) is 24.8 Å². The fourth-order valence-electron chi connectivity index (χ4n) is 3.18. The third-order valence-corrected chi connectivity index (χ3v) is 4.68. The van der Waals surface area contributed by atoms with Crippen LogP contribution in [0.4, 0.5) is 4.39 Å². The van der Waals surface area contributed by atoms with Gasteiger partial charge in [-0.15, -0.1) is 0 Å². The Kier molecular flexibility index (Phi) is 5.36. The maximum atomic E-state index is 13.2. The van der Waals surface area contributed by atoms with Crippen molar-refractivity contribution in [1.82, 2.24) is 19.5 Å². The summed E-state index contributed by atoms with van der Waals surface area (Å²) in [5, 5.41) is 9.50. The number of ether oxygens (including phenoxy) is 1. The van der Waals surface area contributed by atoms with Crippen molar-refractivity contribution in [3.8, 4) is 22.7 Å². The van der Waals surface area contributed by atoms with Gasteiger partial charge in [0.1, 0.15) is 23.1 Å². The van der Waals surface area contributed by atoms with Gasteiger partial charge < -0.3 is 19.4 Å². The maximum absolute atomic E-state index is 13.2. The highest BCUT2D eigenvalue weighted by Crippen LogP contribution is 2.26. The number of carboxylic acids is 1. The van der Waals surface area contributed by atoms with Crippen molar-refractivity contribution in [2.45, 2.75) is 6.92 Å². The number of aromatic amines is 1. The lowest BCUT2D eigenvalue weighted by Crippen LogP contribution is -1.99. The lowest BCUT2D eigenvalue weighted by molar-refractivity contribution is 0.0692. The van der Waals surface area contributed by atoms with Crippen LogP contribution >= 0.6 is 0 Å². The minimum atomic E-state index is -1.15. The van der Waals surface area contributed by atoms with E-state index in [1.165, 1.54) is 24.3 Å². The number of aromatic carboxylic acids is 1. The van der Waals surface area contributed by atoms with Gasteiger partial charge in [0, 0.05) is 11.8 Å². The third-order valence-electron chi connectivity index (χ3n) is 4.68. The molecule has 0 saturated heterocycles. The average molecular weight is 418 g/mol. The predicted octanol–water partition coefficient (Wildman–Crippen LogP) is 4.59. The molecule has 0 aliphatic rings. The fraction of sp³-hybridized carbons (Fsp3) is 0.0870. The number of nitrogens with one attached hydrogen (secondary N) is 1. The largest absolute Gasteiger partial charge is 0.495 e. The van der Waals surface area contributed by atoms with E-state index in [-0.39, 0.29) is 11.4 Å². The molecule has 0 radical (unpaired) electrons. The van der Waals surface area contributed by atoms with Gasteiger partial charge in [0.25, 0.3) is 0 Å². The van der Waals surface area contributed by atoms with E-state index in [0.717, 1.165) is 16.9 Å². The number of halogens is 1. The number of hydrogen-bond acceptors (Lipinski definition) is 4. The van der Waals surface area contributed by atoms with Crippen molar-refractivity contribution in [2.24, 2.45) is 0 Å². The molecule has 4 rings (SSSR count). The molecule has 2 heterocycles. The van der Waals surface area contributed by atoms with Gasteiger partial charge in [-0.3, -0.25) is 0 Å². The van der Waals surface area contributed by atoms with E-state index in [1.54, 1.807) is 25.6 Å². The molecule has 0 fully saturated rings. The number of aromatic nitrogens is 4. The smallest absolute Gasteiger partial charge is 0.354 e. The van der Waals surface area contributed by atoms with Crippen LogP contribution in [-0.2, 0) is 0 Å². The Morgan fingerprint density at radius 1 is 1.19 bits per heavy atom. The van der Waals surface area contributed by atoms with Crippen LogP contribution in [0.3, 0.4) is 0 Å². The summed E-state index contributed by atoms with van der Waals surface area (Å²) in [4.78, 5) is 23.0. The highest BCUT2D eigenvalue weighted by molar-refractivity contribution is 5.93. The van der Waals surface area contributed by atoms with E-state index in [1.807, 2.05) is 35.9 Å². The Labute approximate surface area is 177 Å². The molecule has 0 saturated carbocycles. The van der Waals surface area contributed by atoms with E-state index in [0.29, 0.717) is 17.1 Å². The van der Waals surface area contributed by atoms with Gasteiger partial charge in [-0.25, -0.2) is 19.2 Å². The van der Waals surface area contributed by atoms with E-state index >= 15 is 0 Å². The van der Waals surface area contributed by atoms with Crippen molar-refractivity contribution < 1.29 is 19.0 Å². The number of imidazole rings is 2. The zero-order valence-corrected chi connectivity index (χ0v) is 16.8. The van der Waals surface area contributed by atoms with E-state index in [4.69, 9.17) is 4.74 Å². The maximum Gasteiger partial charge on any atom is 0.354 e. The summed E-state index contributed by atoms with van der Waals surface area (Å²) in [6, 6.07) is 11.2. The van der Waals surface area contributed by atoms with Crippen molar-refractivity contribution in [1.29, 1.82) is 0 Å². The molecule has 0 amide bonds. The van der Waals surface area contributed by atoms with Gasteiger partial charge >= 0.3 is 5.97 Å². The predicted molar refractivity (Wildman–Crippen MR) is 115 cm³/mol. The number of carboxylic acid groups (broad SMARTS) is 1. The number of benzene rings is 2. The molecule has 0 unspecified atom stereocenters. The van der Waals surface area contributed by atoms with Crippen LogP contribution in [0.1, 0.15) is 27.6 Å². The van der Waals surface area contributed by atoms with Gasteiger partial charge in [0.15, 0.2) is 5.69 Å². The van der Waals surface area contributed by atoms with E-state index < -0.39 is 11.8 Å². The Hall–Kier alpha value is -4.20. The molecule has 0 bridgehead atoms. The summed E-state index contributed by atoms with van der Waals surface area (Å²) in [6.45, 7) is 1.91. The lowest BCUT2D eigenvalue weighted by Gasteiger charge is -2.09. The van der Waals surface area contributed by atoms with Gasteiger partial charge in [-0.05, 0) is 55.0 Å². The molecule has 31 heavy (non-hydrogen) atoms. The Morgan fingerprint density at radius 3 is 2.61 bits per heavy atom. The second-order valence-corrected chi connectivity index (χ2v) is 6.84. The number of nitrogens with zero attached hydrogens (tertiary/aromatic N) is 3. The molecular formula is C23H19FN4O3. The molecule has 0 atom stereocenters. The van der Waals surface area contributed by atoms with Gasteiger partial charge in [-0.2, -0.15) is 0 Å². The van der Waals surface area contributed by atoms with Crippen molar-refractivity contribution in [3.63, 3.8) is 0 Å². The summed E-state index contributed by atoms with van der Waals surface area (Å²) < 4.78 is 20.6. The first-order chi connectivity index (χ1) is 14.9. The van der Waals surface area contributed by atoms with Gasteiger partial charge in [-0.1, -0.05) is 12.1 Å². The van der Waals surface area contributed by atoms with E-state index in [9.17, 15) is 14.3 Å². The first-order valence-electron chi connectivity index (χ1n) is 9.41. The third kappa shape index (κ3) is 4.23. The van der Waals surface area contributed by atoms with Crippen LogP contribution in [0.2, 0.25) is 0 Å². The number of methoxy groups -OCH3 is 1. The van der Waals surface area contributed by atoms with Crippen molar-refractivity contribution in [3.05, 3.63) is 83.6 Å². The standard InChI is InChI=1S/C23H19FN4O3/c1-14-12-28(13-25-14)18-9-3-15(11-19(18)31-2)4-10-20-26-21(22(27-20)23(29)30)16-5-7-17(24)8-6-16/h3-13H,1-2H3,(H,26,27)(H,29,30). The zero-order chi connectivity index (χ0) is 22.0. The monoisotopic (exact) mass is 418 g/mol. The summed E-state index contributed by atoms with van der Waals surface area (Å²) in [5.41, 5.74) is 3.29. The Balaban J connectivity index is 1.64. The van der Waals surface area contributed by atoms with Crippen LogP contribution in [0.25, 0.3) is 29.1 Å². The summed E-state index contributed by atoms with van der Waals surface area (Å²) in [7, 11) is 1.59. The highest BCUT2D eigenvalue weighted by Gasteiger charge is 2.17. The molecule has 0 aliphatic heterocycles. The Bertz CT molecular complexity index is 1270. The number of aryl methyl sites for hydroxylation is 1. The molecule has 2 aromatic carbocycles. The molecule has 2 aromatic heterocycles. The molecule has 8 heteroatoms. The number of carbonyl (C=O) groups is 1. The molecule has 0 spiro atoms. The zero-order valence-electron chi connectivity index (χ0n) is 16.8. The SMILES string of the molecule is COc1cc(C=Cc2nc(-c3ccc(F)cc3)c(C(=O)O)[nH]2)ccc1-n1cnc(C)c1. The molecule has 7 nitrogen and oxygen atoms in total. The van der Waals surface area contributed by atoms with Crippen LogP contribution in [0.5, 0.6) is 5.75 Å². The summed E-state index contributed by atoms with van der Waals surface area (Å²) in [6.07, 6.45) is 7.09. The molecule has 0 aliphatic carbocycles. The fourth-order valence-corrected chi connectivity index (χ4v) is 3.18. The molecule has 156 valence electrons. The minimum absolute atomic E-state index is 0.0605. The van der Waals surface area contributed by atoms with Crippen LogP contribution in [0.15, 0.2) is 55.0 Å². The number of hydrogen-bond donors (Lipinski definition) is 2. The lowest BCUT2D eigenvalue weighted by atomic mass is 10.1. The van der Waals surface area contributed by atoms with Crippen LogP contribution in [0, 0.1) is 12.7 Å². The topological polar surface area (TPSA) is 93.0 Å². The van der Waals surface area contributed by atoms with Crippen LogP contribution < -0.4 is 4.74 Å². The Morgan fingerprint density at radius 2 is 1.97 bits per heavy atom. The number of rotatable bonds is 6. The normalized spacial score (nSPS) is 11.2. The second-order valence-electron chi connectivity index (χ2n) is 6.84. The first kappa shape index (κ1) is 20.1. The number of H-pyrrole nitrogens is 1. The highest BCUT2D eigenvalue weighted by atomic mass is 19.1. The second kappa shape index (κ2) is 8.27. The quantitative estimate of drug-likeness (QED) is 0.478. The first-order valence-corrected chi connectivity index (χ1v) is 9.41. The molecular weight excluding hydrogens is 399 g/mol. The van der Waals surface area contributed by atoms with Crippen molar-refractivity contribution >= 4 is 18.1 Å². The molecule has 2 N–H and O–H groups in total. The average Bonchev–Trinajstić information content (AvgIpc) is 3.39. The summed E-state index contributed by atoms with van der Waals surface area (Å²) in [5.74, 6) is -0.519. The minimum Gasteiger partial charge on any atom is -0.495 e. The van der Waals surface area contributed by atoms with E-state index in [2.05, 4.69) is 15.0 Å². The van der Waals surface area contributed by atoms with Gasteiger partial charge in [0.2, 0.25) is 0 Å².